The van der Waals surface area contributed by atoms with Crippen LogP contribution in [-0.2, 0) is 6.42 Å². The molecule has 14 heavy (non-hydrogen) atoms. The van der Waals surface area contributed by atoms with Gasteiger partial charge in [0.25, 0.3) is 0 Å². The van der Waals surface area contributed by atoms with Crippen LogP contribution in [0.2, 0.25) is 0 Å². The van der Waals surface area contributed by atoms with Crippen molar-refractivity contribution in [2.45, 2.75) is 26.2 Å². The van der Waals surface area contributed by atoms with E-state index in [-0.39, 0.29) is 0 Å². The van der Waals surface area contributed by atoms with Crippen LogP contribution in [0.5, 0.6) is 0 Å². The Morgan fingerprint density at radius 1 is 1.29 bits per heavy atom. The van der Waals surface area contributed by atoms with Crippen molar-refractivity contribution in [2.75, 3.05) is 0 Å². The number of rotatable bonds is 3. The van der Waals surface area contributed by atoms with Crippen molar-refractivity contribution >= 4 is 10.9 Å². The van der Waals surface area contributed by atoms with Crippen LogP contribution in [0.1, 0.15) is 25.5 Å². The number of aryl methyl sites for hydroxylation is 1. The van der Waals surface area contributed by atoms with Gasteiger partial charge < -0.3 is 0 Å². The molecule has 1 heterocycles. The van der Waals surface area contributed by atoms with Gasteiger partial charge >= 0.3 is 0 Å². The summed E-state index contributed by atoms with van der Waals surface area (Å²) in [5.74, 6) is 0. The van der Waals surface area contributed by atoms with Gasteiger partial charge in [-0.2, -0.15) is 0 Å². The zero-order chi connectivity index (χ0) is 9.80. The Balaban J connectivity index is 2.32. The maximum Gasteiger partial charge on any atom is 0.0705 e. The van der Waals surface area contributed by atoms with Crippen molar-refractivity contribution in [1.29, 1.82) is 0 Å². The molecule has 0 saturated carbocycles. The maximum atomic E-state index is 4.56. The second-order valence-corrected chi connectivity index (χ2v) is 3.51. The van der Waals surface area contributed by atoms with Gasteiger partial charge in [0.2, 0.25) is 0 Å². The highest BCUT2D eigenvalue weighted by atomic mass is 14.7. The van der Waals surface area contributed by atoms with Gasteiger partial charge in [0.15, 0.2) is 0 Å². The third-order valence-electron chi connectivity index (χ3n) is 2.35. The highest BCUT2D eigenvalue weighted by Gasteiger charge is 1.97. The van der Waals surface area contributed by atoms with Crippen molar-refractivity contribution in [3.05, 3.63) is 42.1 Å². The number of para-hydroxylation sites is 1. The quantitative estimate of drug-likeness (QED) is 0.712. The number of benzene rings is 1. The molecular formula is C13H14N. The fraction of sp³-hybridized carbons (Fsp3) is 0.308. The van der Waals surface area contributed by atoms with Crippen LogP contribution in [0.4, 0.5) is 0 Å². The summed E-state index contributed by atoms with van der Waals surface area (Å²) in [5, 5.41) is 1.17. The topological polar surface area (TPSA) is 12.9 Å². The van der Waals surface area contributed by atoms with Crippen LogP contribution in [0.3, 0.4) is 0 Å². The van der Waals surface area contributed by atoms with E-state index < -0.39 is 0 Å². The number of hydrogen-bond donors (Lipinski definition) is 0. The largest absolute Gasteiger partial charge is 0.252 e. The van der Waals surface area contributed by atoms with Crippen molar-refractivity contribution in [3.8, 4) is 0 Å². The lowest BCUT2D eigenvalue weighted by Crippen LogP contribution is -1.90. The first-order chi connectivity index (χ1) is 6.90. The van der Waals surface area contributed by atoms with Gasteiger partial charge in [-0.15, -0.1) is 0 Å². The van der Waals surface area contributed by atoms with E-state index in [1.165, 1.54) is 18.2 Å². The van der Waals surface area contributed by atoms with Gasteiger partial charge in [-0.05, 0) is 25.0 Å². The molecule has 0 bridgehead atoms. The maximum absolute atomic E-state index is 4.56. The van der Waals surface area contributed by atoms with Crippen molar-refractivity contribution < 1.29 is 0 Å². The van der Waals surface area contributed by atoms with Crippen LogP contribution >= 0.6 is 0 Å². The number of pyridine rings is 1. The summed E-state index contributed by atoms with van der Waals surface area (Å²) in [6.45, 7) is 2.20. The highest BCUT2D eigenvalue weighted by Crippen LogP contribution is 2.12. The number of aromatic nitrogens is 1. The Labute approximate surface area is 84.8 Å². The SMILES string of the molecule is CCCCc1[c]cc2ccccc2n1. The lowest BCUT2D eigenvalue weighted by molar-refractivity contribution is 0.779. The molecule has 1 radical (unpaired) electrons. The molecule has 0 saturated heterocycles. The summed E-state index contributed by atoms with van der Waals surface area (Å²) in [6.07, 6.45) is 3.45. The normalized spacial score (nSPS) is 10.6. The smallest absolute Gasteiger partial charge is 0.0705 e. The second-order valence-electron chi connectivity index (χ2n) is 3.51. The van der Waals surface area contributed by atoms with Gasteiger partial charge in [0.05, 0.1) is 5.52 Å². The monoisotopic (exact) mass is 184 g/mol. The van der Waals surface area contributed by atoms with E-state index in [2.05, 4.69) is 30.1 Å². The third-order valence-corrected chi connectivity index (χ3v) is 2.35. The second kappa shape index (κ2) is 4.23. The van der Waals surface area contributed by atoms with E-state index in [9.17, 15) is 0 Å². The first-order valence-corrected chi connectivity index (χ1v) is 5.16. The molecule has 0 spiro atoms. The lowest BCUT2D eigenvalue weighted by atomic mass is 10.1. The molecule has 2 rings (SSSR count). The Hall–Kier alpha value is -1.37. The highest BCUT2D eigenvalue weighted by molar-refractivity contribution is 5.78. The molecule has 1 nitrogen and oxygen atoms in total. The van der Waals surface area contributed by atoms with Gasteiger partial charge in [-0.25, -0.2) is 0 Å². The van der Waals surface area contributed by atoms with Crippen LogP contribution in [0, 0.1) is 6.07 Å². The standard InChI is InChI=1S/C13H14N/c1-2-3-7-12-10-9-11-6-4-5-8-13(11)14-12/h4-6,8-9H,2-3,7H2,1H3. The Morgan fingerprint density at radius 2 is 2.14 bits per heavy atom. The summed E-state index contributed by atoms with van der Waals surface area (Å²) in [4.78, 5) is 4.56. The van der Waals surface area contributed by atoms with E-state index in [1.807, 2.05) is 18.2 Å². The molecular weight excluding hydrogens is 170 g/mol. The van der Waals surface area contributed by atoms with E-state index >= 15 is 0 Å². The summed E-state index contributed by atoms with van der Waals surface area (Å²) in [7, 11) is 0. The van der Waals surface area contributed by atoms with Crippen LogP contribution in [-0.4, -0.2) is 4.98 Å². The molecule has 0 N–H and O–H groups in total. The van der Waals surface area contributed by atoms with Crippen molar-refractivity contribution in [1.82, 2.24) is 4.98 Å². The molecule has 1 heteroatoms. The molecule has 0 fully saturated rings. The number of nitrogens with zero attached hydrogens (tertiary/aromatic N) is 1. The van der Waals surface area contributed by atoms with Crippen molar-refractivity contribution in [2.24, 2.45) is 0 Å². The number of unbranched alkanes of at least 4 members (excludes halogenated alkanes) is 1. The average molecular weight is 184 g/mol. The molecule has 0 unspecified atom stereocenters. The Kier molecular flexibility index (Phi) is 2.78. The molecule has 0 amide bonds. The summed E-state index contributed by atoms with van der Waals surface area (Å²) >= 11 is 0. The average Bonchev–Trinajstić information content (AvgIpc) is 2.26. The molecule has 0 aliphatic heterocycles. The van der Waals surface area contributed by atoms with E-state index in [1.54, 1.807) is 0 Å². The minimum Gasteiger partial charge on any atom is -0.252 e. The molecule has 1 aromatic heterocycles. The van der Waals surface area contributed by atoms with Gasteiger partial charge in [-0.1, -0.05) is 31.5 Å². The zero-order valence-corrected chi connectivity index (χ0v) is 8.46. The fourth-order valence-electron chi connectivity index (χ4n) is 1.52. The van der Waals surface area contributed by atoms with Gasteiger partial charge in [0.1, 0.15) is 0 Å². The van der Waals surface area contributed by atoms with Gasteiger partial charge in [0, 0.05) is 17.1 Å². The number of fused-ring (bicyclic) bond motifs is 1. The van der Waals surface area contributed by atoms with Crippen LogP contribution in [0.25, 0.3) is 10.9 Å². The van der Waals surface area contributed by atoms with E-state index in [4.69, 9.17) is 0 Å². The minimum atomic E-state index is 1.04. The number of hydrogen-bond acceptors (Lipinski definition) is 1. The van der Waals surface area contributed by atoms with Crippen LogP contribution in [0.15, 0.2) is 30.3 Å². The van der Waals surface area contributed by atoms with Gasteiger partial charge in [-0.3, -0.25) is 4.98 Å². The Morgan fingerprint density at radius 3 is 3.00 bits per heavy atom. The lowest BCUT2D eigenvalue weighted by Gasteiger charge is -2.00. The predicted octanol–water partition coefficient (Wildman–Crippen LogP) is 3.38. The summed E-state index contributed by atoms with van der Waals surface area (Å²) in [5.41, 5.74) is 2.17. The zero-order valence-electron chi connectivity index (χ0n) is 8.46. The molecule has 0 aliphatic rings. The fourth-order valence-corrected chi connectivity index (χ4v) is 1.52. The molecule has 1 aromatic carbocycles. The molecule has 0 atom stereocenters. The Bertz CT molecular complexity index is 420. The van der Waals surface area contributed by atoms with E-state index in [0.717, 1.165) is 17.6 Å². The summed E-state index contributed by atoms with van der Waals surface area (Å²) in [6, 6.07) is 13.5. The molecule has 71 valence electrons. The molecule has 2 aromatic rings. The van der Waals surface area contributed by atoms with Crippen molar-refractivity contribution in [3.63, 3.8) is 0 Å². The molecule has 0 aliphatic carbocycles. The predicted molar refractivity (Wildman–Crippen MR) is 59.2 cm³/mol. The minimum absolute atomic E-state index is 1.04. The third kappa shape index (κ3) is 1.92. The van der Waals surface area contributed by atoms with E-state index in [0.29, 0.717) is 0 Å². The summed E-state index contributed by atoms with van der Waals surface area (Å²) < 4.78 is 0. The van der Waals surface area contributed by atoms with Crippen LogP contribution < -0.4 is 0 Å². The first kappa shape index (κ1) is 9.20. The first-order valence-electron chi connectivity index (χ1n) is 5.16.